The molecule has 0 bridgehead atoms. The van der Waals surface area contributed by atoms with Crippen molar-refractivity contribution >= 4 is 11.7 Å². The number of ether oxygens (including phenoxy) is 2. The van der Waals surface area contributed by atoms with Crippen LogP contribution in [-0.4, -0.2) is 50.7 Å². The Bertz CT molecular complexity index is 987. The predicted octanol–water partition coefficient (Wildman–Crippen LogP) is 2.57. The quantitative estimate of drug-likeness (QED) is 0.676. The molecule has 0 aliphatic carbocycles. The minimum absolute atomic E-state index is 0.0402. The molecule has 28 heavy (non-hydrogen) atoms. The number of rotatable bonds is 5. The Morgan fingerprint density at radius 2 is 2.11 bits per heavy atom. The highest BCUT2D eigenvalue weighted by atomic mass is 16.5. The normalized spacial score (nSPS) is 16.9. The van der Waals surface area contributed by atoms with E-state index in [4.69, 9.17) is 9.47 Å². The second-order valence-electron chi connectivity index (χ2n) is 6.88. The summed E-state index contributed by atoms with van der Waals surface area (Å²) in [4.78, 5) is 23.2. The van der Waals surface area contributed by atoms with Gasteiger partial charge in [-0.25, -0.2) is 4.98 Å². The van der Waals surface area contributed by atoms with Gasteiger partial charge < -0.3 is 14.4 Å². The molecule has 1 atom stereocenters. The predicted molar refractivity (Wildman–Crippen MR) is 102 cm³/mol. The third-order valence-electron chi connectivity index (χ3n) is 5.04. The molecule has 1 aliphatic rings. The van der Waals surface area contributed by atoms with E-state index >= 15 is 0 Å². The first kappa shape index (κ1) is 18.2. The Balaban J connectivity index is 1.53. The van der Waals surface area contributed by atoms with Gasteiger partial charge in [0.1, 0.15) is 6.33 Å². The van der Waals surface area contributed by atoms with Gasteiger partial charge in [-0.15, -0.1) is 0 Å². The minimum atomic E-state index is -0.0723. The first-order chi connectivity index (χ1) is 13.7. The summed E-state index contributed by atoms with van der Waals surface area (Å²) in [6.45, 7) is 2.63. The van der Waals surface area contributed by atoms with E-state index in [1.807, 2.05) is 36.1 Å². The molecule has 0 radical (unpaired) electrons. The van der Waals surface area contributed by atoms with Crippen LogP contribution in [0.5, 0.6) is 11.5 Å². The average Bonchev–Trinajstić information content (AvgIpc) is 3.21. The standard InChI is InChI=1S/C20H23N5O3/c1-14-6-7-17(18(11-14)27-2)28-12-19(26)24-10-4-3-5-15(24)16-8-9-21-20-22-13-23-25(16)20/h6-9,11,13,15H,3-5,10,12H2,1-2H3. The highest BCUT2D eigenvalue weighted by Gasteiger charge is 2.30. The lowest BCUT2D eigenvalue weighted by Crippen LogP contribution is -2.41. The van der Waals surface area contributed by atoms with Gasteiger partial charge in [0.25, 0.3) is 11.7 Å². The maximum atomic E-state index is 13.0. The summed E-state index contributed by atoms with van der Waals surface area (Å²) >= 11 is 0. The van der Waals surface area contributed by atoms with E-state index in [-0.39, 0.29) is 18.6 Å². The van der Waals surface area contributed by atoms with Crippen molar-refractivity contribution in [3.8, 4) is 11.5 Å². The summed E-state index contributed by atoms with van der Waals surface area (Å²) in [6, 6.07) is 7.49. The summed E-state index contributed by atoms with van der Waals surface area (Å²) in [7, 11) is 1.59. The Morgan fingerprint density at radius 1 is 1.21 bits per heavy atom. The van der Waals surface area contributed by atoms with E-state index in [0.29, 0.717) is 23.8 Å². The summed E-state index contributed by atoms with van der Waals surface area (Å²) in [5, 5.41) is 4.27. The van der Waals surface area contributed by atoms with Gasteiger partial charge in [-0.2, -0.15) is 14.6 Å². The smallest absolute Gasteiger partial charge is 0.261 e. The van der Waals surface area contributed by atoms with Crippen molar-refractivity contribution < 1.29 is 14.3 Å². The zero-order chi connectivity index (χ0) is 19.5. The summed E-state index contributed by atoms with van der Waals surface area (Å²) in [5.74, 6) is 1.67. The Kier molecular flexibility index (Phi) is 5.10. The molecule has 8 heteroatoms. The zero-order valence-corrected chi connectivity index (χ0v) is 16.0. The number of hydrogen-bond donors (Lipinski definition) is 0. The minimum Gasteiger partial charge on any atom is -0.493 e. The molecular formula is C20H23N5O3. The first-order valence-corrected chi connectivity index (χ1v) is 9.39. The lowest BCUT2D eigenvalue weighted by atomic mass is 9.99. The van der Waals surface area contributed by atoms with Crippen molar-refractivity contribution in [2.45, 2.75) is 32.2 Å². The molecule has 3 aromatic rings. The van der Waals surface area contributed by atoms with E-state index in [1.165, 1.54) is 6.33 Å². The number of nitrogens with zero attached hydrogens (tertiary/aromatic N) is 5. The fraction of sp³-hybridized carbons (Fsp3) is 0.400. The molecule has 1 aromatic carbocycles. The summed E-state index contributed by atoms with van der Waals surface area (Å²) in [6.07, 6.45) is 6.09. The van der Waals surface area contributed by atoms with Crippen LogP contribution in [0.1, 0.15) is 36.6 Å². The number of aromatic nitrogens is 4. The molecule has 0 spiro atoms. The van der Waals surface area contributed by atoms with Crippen LogP contribution >= 0.6 is 0 Å². The van der Waals surface area contributed by atoms with Crippen LogP contribution in [0.4, 0.5) is 0 Å². The molecule has 3 heterocycles. The van der Waals surface area contributed by atoms with Crippen molar-refractivity contribution in [1.29, 1.82) is 0 Å². The van der Waals surface area contributed by atoms with Crippen molar-refractivity contribution in [3.63, 3.8) is 0 Å². The van der Waals surface area contributed by atoms with E-state index in [9.17, 15) is 4.79 Å². The maximum absolute atomic E-state index is 13.0. The first-order valence-electron chi connectivity index (χ1n) is 9.39. The molecule has 1 fully saturated rings. The van der Waals surface area contributed by atoms with E-state index in [2.05, 4.69) is 15.1 Å². The Labute approximate surface area is 163 Å². The van der Waals surface area contributed by atoms with Crippen molar-refractivity contribution in [2.24, 2.45) is 0 Å². The topological polar surface area (TPSA) is 81.9 Å². The molecule has 0 N–H and O–H groups in total. The van der Waals surface area contributed by atoms with Crippen molar-refractivity contribution in [1.82, 2.24) is 24.5 Å². The SMILES string of the molecule is COc1cc(C)ccc1OCC(=O)N1CCCCC1c1ccnc2ncnn12. The second kappa shape index (κ2) is 7.84. The van der Waals surface area contributed by atoms with Crippen LogP contribution in [0, 0.1) is 6.92 Å². The van der Waals surface area contributed by atoms with E-state index < -0.39 is 0 Å². The third-order valence-corrected chi connectivity index (χ3v) is 5.04. The van der Waals surface area contributed by atoms with Crippen molar-refractivity contribution in [2.75, 3.05) is 20.3 Å². The van der Waals surface area contributed by atoms with Gasteiger partial charge in [-0.05, 0) is 49.9 Å². The molecule has 146 valence electrons. The molecular weight excluding hydrogens is 358 g/mol. The van der Waals surface area contributed by atoms with Gasteiger partial charge in [-0.3, -0.25) is 4.79 Å². The van der Waals surface area contributed by atoms with Crippen LogP contribution in [0.3, 0.4) is 0 Å². The van der Waals surface area contributed by atoms with Crippen LogP contribution in [-0.2, 0) is 4.79 Å². The maximum Gasteiger partial charge on any atom is 0.261 e. The van der Waals surface area contributed by atoms with Gasteiger partial charge in [-0.1, -0.05) is 6.07 Å². The molecule has 1 unspecified atom stereocenters. The highest BCUT2D eigenvalue weighted by Crippen LogP contribution is 2.32. The number of fused-ring (bicyclic) bond motifs is 1. The number of carbonyl (C=O) groups is 1. The number of benzene rings is 1. The van der Waals surface area contributed by atoms with Crippen LogP contribution < -0.4 is 9.47 Å². The van der Waals surface area contributed by atoms with Gasteiger partial charge in [0.2, 0.25) is 0 Å². The lowest BCUT2D eigenvalue weighted by molar-refractivity contribution is -0.137. The Hall–Kier alpha value is -3.16. The molecule has 0 saturated carbocycles. The highest BCUT2D eigenvalue weighted by molar-refractivity contribution is 5.78. The average molecular weight is 381 g/mol. The van der Waals surface area contributed by atoms with Gasteiger partial charge in [0.15, 0.2) is 18.1 Å². The molecule has 1 aliphatic heterocycles. The second-order valence-corrected chi connectivity index (χ2v) is 6.88. The Morgan fingerprint density at radius 3 is 2.96 bits per heavy atom. The number of hydrogen-bond acceptors (Lipinski definition) is 6. The number of carbonyl (C=O) groups excluding carboxylic acids is 1. The fourth-order valence-electron chi connectivity index (χ4n) is 3.66. The van der Waals surface area contributed by atoms with Crippen LogP contribution in [0.2, 0.25) is 0 Å². The fourth-order valence-corrected chi connectivity index (χ4v) is 3.66. The van der Waals surface area contributed by atoms with E-state index in [1.54, 1.807) is 17.8 Å². The van der Waals surface area contributed by atoms with Gasteiger partial charge in [0, 0.05) is 12.7 Å². The molecule has 1 amide bonds. The lowest BCUT2D eigenvalue weighted by Gasteiger charge is -2.35. The number of aryl methyl sites for hydroxylation is 1. The number of amides is 1. The van der Waals surface area contributed by atoms with Crippen LogP contribution in [0.25, 0.3) is 5.78 Å². The summed E-state index contributed by atoms with van der Waals surface area (Å²) in [5.41, 5.74) is 1.99. The zero-order valence-electron chi connectivity index (χ0n) is 16.0. The molecule has 1 saturated heterocycles. The van der Waals surface area contributed by atoms with Crippen molar-refractivity contribution in [3.05, 3.63) is 48.0 Å². The van der Waals surface area contributed by atoms with Gasteiger partial charge >= 0.3 is 0 Å². The molecule has 4 rings (SSSR count). The number of piperidine rings is 1. The van der Waals surface area contributed by atoms with Crippen LogP contribution in [0.15, 0.2) is 36.8 Å². The number of likely N-dealkylation sites (tertiary alicyclic amines) is 1. The molecule has 2 aromatic heterocycles. The van der Waals surface area contributed by atoms with E-state index in [0.717, 1.165) is 30.5 Å². The van der Waals surface area contributed by atoms with Gasteiger partial charge in [0.05, 0.1) is 18.8 Å². The molecule has 8 nitrogen and oxygen atoms in total. The monoisotopic (exact) mass is 381 g/mol. The largest absolute Gasteiger partial charge is 0.493 e. The number of methoxy groups -OCH3 is 1. The third kappa shape index (κ3) is 3.49. The summed E-state index contributed by atoms with van der Waals surface area (Å²) < 4.78 is 12.9.